The molecule has 0 fully saturated rings. The van der Waals surface area contributed by atoms with Crippen LogP contribution in [0.15, 0.2) is 59.9 Å². The highest BCUT2D eigenvalue weighted by atomic mass is 35.5. The van der Waals surface area contributed by atoms with E-state index in [1.54, 1.807) is 0 Å². The van der Waals surface area contributed by atoms with Crippen molar-refractivity contribution in [3.63, 3.8) is 0 Å². The van der Waals surface area contributed by atoms with Crippen molar-refractivity contribution in [2.75, 3.05) is 13.6 Å². The molecule has 3 rings (SSSR count). The van der Waals surface area contributed by atoms with Gasteiger partial charge in [-0.3, -0.25) is 9.59 Å². The number of nitrogens with zero attached hydrogens (tertiary/aromatic N) is 1. The molecule has 25 heavy (non-hydrogen) atoms. The van der Waals surface area contributed by atoms with Crippen molar-refractivity contribution >= 4 is 23.4 Å². The van der Waals surface area contributed by atoms with Crippen LogP contribution in [0.3, 0.4) is 0 Å². The van der Waals surface area contributed by atoms with Gasteiger partial charge in [-0.15, -0.1) is 0 Å². The second kappa shape index (κ2) is 6.99. The van der Waals surface area contributed by atoms with Crippen molar-refractivity contribution in [2.45, 2.75) is 6.54 Å². The Labute approximate surface area is 150 Å². The maximum Gasteiger partial charge on any atom is 0.289 e. The highest BCUT2D eigenvalue weighted by molar-refractivity contribution is 6.33. The van der Waals surface area contributed by atoms with Crippen LogP contribution in [-0.2, 0) is 16.1 Å². The molecule has 128 valence electrons. The third-order valence-corrected chi connectivity index (χ3v) is 4.40. The number of hydrogen-bond acceptors (Lipinski definition) is 3. The Bertz CT molecular complexity index is 876. The summed E-state index contributed by atoms with van der Waals surface area (Å²) >= 11 is 6.23. The average Bonchev–Trinajstić information content (AvgIpc) is 2.88. The fraction of sp³-hybridized carbons (Fsp3) is 0.158. The number of nitrogens with one attached hydrogen (secondary N) is 1. The lowest BCUT2D eigenvalue weighted by molar-refractivity contribution is -0.126. The first-order valence-corrected chi connectivity index (χ1v) is 8.15. The highest BCUT2D eigenvalue weighted by Crippen LogP contribution is 2.28. The number of halogens is 1. The molecule has 2 N–H and O–H groups in total. The molecule has 2 aromatic carbocycles. The van der Waals surface area contributed by atoms with E-state index < -0.39 is 17.6 Å². The standard InChI is InChI=1S/C19H17ClN2O3/c1-22-11-15(17(23)19(22)25)18(24)21-10-12-5-4-6-13(9-12)14-7-2-3-8-16(14)20/h2-9,23H,10-11H2,1H3,(H,21,24). The molecule has 0 bridgehead atoms. The summed E-state index contributed by atoms with van der Waals surface area (Å²) in [7, 11) is 1.53. The molecule has 0 aliphatic carbocycles. The first-order chi connectivity index (χ1) is 12.0. The van der Waals surface area contributed by atoms with Crippen molar-refractivity contribution < 1.29 is 14.7 Å². The summed E-state index contributed by atoms with van der Waals surface area (Å²) in [5, 5.41) is 13.1. The molecule has 6 heteroatoms. The van der Waals surface area contributed by atoms with E-state index in [1.165, 1.54) is 11.9 Å². The molecule has 0 atom stereocenters. The van der Waals surface area contributed by atoms with Gasteiger partial charge in [0.25, 0.3) is 11.8 Å². The zero-order valence-electron chi connectivity index (χ0n) is 13.6. The maximum atomic E-state index is 12.2. The lowest BCUT2D eigenvalue weighted by Gasteiger charge is -2.10. The van der Waals surface area contributed by atoms with E-state index in [0.29, 0.717) is 5.02 Å². The minimum Gasteiger partial charge on any atom is -0.503 e. The predicted molar refractivity (Wildman–Crippen MR) is 96.0 cm³/mol. The van der Waals surface area contributed by atoms with Gasteiger partial charge in [0.15, 0.2) is 5.76 Å². The van der Waals surface area contributed by atoms with Gasteiger partial charge in [-0.05, 0) is 23.3 Å². The average molecular weight is 357 g/mol. The monoisotopic (exact) mass is 356 g/mol. The van der Waals surface area contributed by atoms with Crippen LogP contribution < -0.4 is 5.32 Å². The summed E-state index contributed by atoms with van der Waals surface area (Å²) in [4.78, 5) is 25.0. The van der Waals surface area contributed by atoms with Crippen LogP contribution in [0.2, 0.25) is 5.02 Å². The van der Waals surface area contributed by atoms with E-state index in [-0.39, 0.29) is 18.7 Å². The van der Waals surface area contributed by atoms with Gasteiger partial charge < -0.3 is 15.3 Å². The Morgan fingerprint density at radius 2 is 2.00 bits per heavy atom. The molecule has 0 saturated heterocycles. The van der Waals surface area contributed by atoms with Crippen molar-refractivity contribution in [1.29, 1.82) is 0 Å². The first-order valence-electron chi connectivity index (χ1n) is 7.77. The van der Waals surface area contributed by atoms with E-state index in [2.05, 4.69) is 5.32 Å². The fourth-order valence-corrected chi connectivity index (χ4v) is 2.95. The summed E-state index contributed by atoms with van der Waals surface area (Å²) in [6.45, 7) is 0.391. The normalized spacial score (nSPS) is 14.2. The number of likely N-dealkylation sites (N-methyl/N-ethyl adjacent to an activating group) is 1. The predicted octanol–water partition coefficient (Wildman–Crippen LogP) is 2.91. The van der Waals surface area contributed by atoms with E-state index in [0.717, 1.165) is 16.7 Å². The Morgan fingerprint density at radius 3 is 2.68 bits per heavy atom. The third-order valence-electron chi connectivity index (χ3n) is 4.07. The van der Waals surface area contributed by atoms with Crippen LogP contribution in [0.4, 0.5) is 0 Å². The summed E-state index contributed by atoms with van der Waals surface area (Å²) in [5.74, 6) is -1.46. The van der Waals surface area contributed by atoms with Crippen molar-refractivity contribution in [3.05, 3.63) is 70.4 Å². The van der Waals surface area contributed by atoms with Crippen LogP contribution >= 0.6 is 11.6 Å². The molecule has 2 amide bonds. The molecule has 2 aromatic rings. The molecule has 0 saturated carbocycles. The number of aliphatic hydroxyl groups excluding tert-OH is 1. The largest absolute Gasteiger partial charge is 0.503 e. The Balaban J connectivity index is 1.73. The van der Waals surface area contributed by atoms with Gasteiger partial charge in [-0.2, -0.15) is 0 Å². The molecule has 1 heterocycles. The molecule has 5 nitrogen and oxygen atoms in total. The second-order valence-corrected chi connectivity index (χ2v) is 6.26. The summed E-state index contributed by atoms with van der Waals surface area (Å²) in [6, 6.07) is 15.2. The Hall–Kier alpha value is -2.79. The fourth-order valence-electron chi connectivity index (χ4n) is 2.71. The molecule has 1 aliphatic heterocycles. The summed E-state index contributed by atoms with van der Waals surface area (Å²) < 4.78 is 0. The van der Waals surface area contributed by atoms with Gasteiger partial charge in [0.05, 0.1) is 12.1 Å². The van der Waals surface area contributed by atoms with Crippen LogP contribution in [0.5, 0.6) is 0 Å². The number of aliphatic hydroxyl groups is 1. The van der Waals surface area contributed by atoms with E-state index in [1.807, 2.05) is 48.5 Å². The molecule has 0 spiro atoms. The summed E-state index contributed by atoms with van der Waals surface area (Å²) in [5.41, 5.74) is 2.86. The van der Waals surface area contributed by atoms with E-state index in [9.17, 15) is 14.7 Å². The van der Waals surface area contributed by atoms with Crippen molar-refractivity contribution in [3.8, 4) is 11.1 Å². The molecule has 0 aromatic heterocycles. The molecule has 0 radical (unpaired) electrons. The van der Waals surface area contributed by atoms with Crippen molar-refractivity contribution in [1.82, 2.24) is 10.2 Å². The van der Waals surface area contributed by atoms with Crippen LogP contribution in [0.1, 0.15) is 5.56 Å². The number of carbonyl (C=O) groups is 2. The highest BCUT2D eigenvalue weighted by Gasteiger charge is 2.31. The number of benzene rings is 2. The second-order valence-electron chi connectivity index (χ2n) is 5.85. The van der Waals surface area contributed by atoms with Crippen LogP contribution in [-0.4, -0.2) is 35.4 Å². The lowest BCUT2D eigenvalue weighted by atomic mass is 10.0. The number of hydrogen-bond donors (Lipinski definition) is 2. The minimum atomic E-state index is -0.536. The van der Waals surface area contributed by atoms with Crippen LogP contribution in [0, 0.1) is 0 Å². The van der Waals surface area contributed by atoms with Gasteiger partial charge in [0, 0.05) is 24.2 Å². The maximum absolute atomic E-state index is 12.2. The zero-order chi connectivity index (χ0) is 18.0. The van der Waals surface area contributed by atoms with E-state index in [4.69, 9.17) is 11.6 Å². The lowest BCUT2D eigenvalue weighted by Crippen LogP contribution is -2.27. The van der Waals surface area contributed by atoms with Gasteiger partial charge in [-0.25, -0.2) is 0 Å². The van der Waals surface area contributed by atoms with Gasteiger partial charge >= 0.3 is 0 Å². The van der Waals surface area contributed by atoms with E-state index >= 15 is 0 Å². The first kappa shape index (κ1) is 17.0. The van der Waals surface area contributed by atoms with Crippen LogP contribution in [0.25, 0.3) is 11.1 Å². The van der Waals surface area contributed by atoms with Gasteiger partial charge in [0.2, 0.25) is 0 Å². The van der Waals surface area contributed by atoms with Crippen molar-refractivity contribution in [2.24, 2.45) is 0 Å². The molecule has 0 unspecified atom stereocenters. The van der Waals surface area contributed by atoms with Gasteiger partial charge in [-0.1, -0.05) is 48.0 Å². The SMILES string of the molecule is CN1CC(C(=O)NCc2cccc(-c3ccccc3Cl)c2)=C(O)C1=O. The number of carbonyl (C=O) groups excluding carboxylic acids is 2. The number of amides is 2. The topological polar surface area (TPSA) is 69.6 Å². The third kappa shape index (κ3) is 3.51. The summed E-state index contributed by atoms with van der Waals surface area (Å²) in [6.07, 6.45) is 0. The minimum absolute atomic E-state index is 0.0924. The Kier molecular flexibility index (Phi) is 4.76. The quantitative estimate of drug-likeness (QED) is 0.885. The number of rotatable bonds is 4. The Morgan fingerprint density at radius 1 is 1.24 bits per heavy atom. The molecular formula is C19H17ClN2O3. The smallest absolute Gasteiger partial charge is 0.289 e. The van der Waals surface area contributed by atoms with Gasteiger partial charge in [0.1, 0.15) is 0 Å². The zero-order valence-corrected chi connectivity index (χ0v) is 14.4. The molecule has 1 aliphatic rings. The molecular weight excluding hydrogens is 340 g/mol.